The van der Waals surface area contributed by atoms with E-state index in [4.69, 9.17) is 23.9 Å². The minimum Gasteiger partial charge on any atom is -0.493 e. The van der Waals surface area contributed by atoms with E-state index in [0.717, 1.165) is 5.56 Å². The van der Waals surface area contributed by atoms with Crippen LogP contribution in [0, 0.1) is 6.92 Å². The van der Waals surface area contributed by atoms with Crippen LogP contribution in [-0.4, -0.2) is 86.9 Å². The predicted octanol–water partition coefficient (Wildman–Crippen LogP) is 3.29. The molecule has 2 saturated heterocycles. The number of aromatic nitrogens is 3. The second-order valence-electron chi connectivity index (χ2n) is 9.12. The number of hydrogen-bond donors (Lipinski definition) is 1. The first-order valence-corrected chi connectivity index (χ1v) is 13.7. The Hall–Kier alpha value is -3.81. The van der Waals surface area contributed by atoms with E-state index >= 15 is 0 Å². The fraction of sp³-hybridized carbons (Fsp3) is 0.370. The van der Waals surface area contributed by atoms with Crippen LogP contribution in [0.25, 0.3) is 0 Å². The number of anilines is 3. The maximum atomic E-state index is 12.7. The first-order chi connectivity index (χ1) is 19.5. The number of halogens is 1. The van der Waals surface area contributed by atoms with E-state index in [9.17, 15) is 4.79 Å². The lowest BCUT2D eigenvalue weighted by molar-refractivity contribution is 0.0728. The average Bonchev–Trinajstić information content (AvgIpc) is 2.99. The van der Waals surface area contributed by atoms with Gasteiger partial charge in [0.25, 0.3) is 0 Å². The van der Waals surface area contributed by atoms with E-state index < -0.39 is 5.97 Å². The molecule has 210 valence electrons. The Balaban J connectivity index is 1.33. The summed E-state index contributed by atoms with van der Waals surface area (Å²) in [6, 6.07) is 10.7. The number of carbonyl (C=O) groups excluding carboxylic acids is 1. The SMILES string of the molecule is COc1cc(/C=N\Nc2nc(N3CCOCC3)nc(N3CCOCC3)n2)cc(Br)c1OC(=O)c1ccc(C)cc1. The molecule has 0 spiro atoms. The van der Waals surface area contributed by atoms with Crippen LogP contribution in [0.1, 0.15) is 21.5 Å². The van der Waals surface area contributed by atoms with Crippen LogP contribution < -0.4 is 24.7 Å². The summed E-state index contributed by atoms with van der Waals surface area (Å²) in [4.78, 5) is 30.7. The number of nitrogens with zero attached hydrogens (tertiary/aromatic N) is 6. The van der Waals surface area contributed by atoms with Crippen LogP contribution in [0.4, 0.5) is 17.8 Å². The summed E-state index contributed by atoms with van der Waals surface area (Å²) in [5.74, 6) is 1.64. The van der Waals surface area contributed by atoms with Gasteiger partial charge in [-0.15, -0.1) is 0 Å². The number of benzene rings is 2. The van der Waals surface area contributed by atoms with Crippen molar-refractivity contribution in [3.05, 3.63) is 57.6 Å². The van der Waals surface area contributed by atoms with Crippen molar-refractivity contribution in [1.29, 1.82) is 0 Å². The van der Waals surface area contributed by atoms with Crippen molar-refractivity contribution in [3.63, 3.8) is 0 Å². The number of morpholine rings is 2. The molecule has 0 unspecified atom stereocenters. The van der Waals surface area contributed by atoms with Gasteiger partial charge in [0.1, 0.15) is 0 Å². The first-order valence-electron chi connectivity index (χ1n) is 12.9. The standard InChI is InChI=1S/C27H30BrN7O5/c1-18-3-5-20(6-4-18)24(36)40-23-21(28)15-19(16-22(23)37-2)17-29-33-25-30-26(34-7-11-38-12-8-34)32-27(31-25)35-9-13-39-14-10-35/h3-6,15-17H,7-14H2,1-2H3,(H,30,31,32,33)/b29-17-. The van der Waals surface area contributed by atoms with Crippen molar-refractivity contribution in [2.45, 2.75) is 6.92 Å². The topological polar surface area (TPSA) is 124 Å². The van der Waals surface area contributed by atoms with Gasteiger partial charge in [0.2, 0.25) is 17.8 Å². The van der Waals surface area contributed by atoms with Crippen molar-refractivity contribution in [2.75, 3.05) is 74.9 Å². The number of carbonyl (C=O) groups is 1. The van der Waals surface area contributed by atoms with Crippen LogP contribution in [-0.2, 0) is 9.47 Å². The number of rotatable bonds is 8. The summed E-state index contributed by atoms with van der Waals surface area (Å²) in [6.07, 6.45) is 1.60. The lowest BCUT2D eigenvalue weighted by atomic mass is 10.1. The maximum Gasteiger partial charge on any atom is 0.343 e. The highest BCUT2D eigenvalue weighted by Crippen LogP contribution is 2.37. The van der Waals surface area contributed by atoms with Gasteiger partial charge in [-0.1, -0.05) is 17.7 Å². The van der Waals surface area contributed by atoms with Gasteiger partial charge in [0.05, 0.1) is 49.8 Å². The van der Waals surface area contributed by atoms with Crippen molar-refractivity contribution >= 4 is 46.0 Å². The Kier molecular flexibility index (Phi) is 9.04. The third-order valence-corrected chi connectivity index (χ3v) is 6.90. The van der Waals surface area contributed by atoms with Crippen LogP contribution in [0.3, 0.4) is 0 Å². The number of methoxy groups -OCH3 is 1. The van der Waals surface area contributed by atoms with Gasteiger partial charge in [0.15, 0.2) is 11.5 Å². The Morgan fingerprint density at radius 3 is 2.15 bits per heavy atom. The molecule has 12 nitrogen and oxygen atoms in total. The summed E-state index contributed by atoms with van der Waals surface area (Å²) in [5, 5.41) is 4.35. The molecule has 13 heteroatoms. The Morgan fingerprint density at radius 1 is 0.975 bits per heavy atom. The van der Waals surface area contributed by atoms with E-state index in [0.29, 0.717) is 91.8 Å². The molecule has 0 saturated carbocycles. The normalized spacial score (nSPS) is 15.8. The number of aryl methyl sites for hydroxylation is 1. The third-order valence-electron chi connectivity index (χ3n) is 6.31. The molecule has 2 aliphatic rings. The molecule has 0 amide bonds. The number of nitrogens with one attached hydrogen (secondary N) is 1. The van der Waals surface area contributed by atoms with E-state index in [1.54, 1.807) is 30.5 Å². The first kappa shape index (κ1) is 27.7. The van der Waals surface area contributed by atoms with Gasteiger partial charge < -0.3 is 28.7 Å². The zero-order valence-corrected chi connectivity index (χ0v) is 23.9. The monoisotopic (exact) mass is 611 g/mol. The van der Waals surface area contributed by atoms with Crippen molar-refractivity contribution in [3.8, 4) is 11.5 Å². The molecule has 0 radical (unpaired) electrons. The van der Waals surface area contributed by atoms with E-state index in [2.05, 4.69) is 46.2 Å². The van der Waals surface area contributed by atoms with Gasteiger partial charge >= 0.3 is 5.97 Å². The molecular weight excluding hydrogens is 582 g/mol. The number of hydrogen-bond acceptors (Lipinski definition) is 12. The van der Waals surface area contributed by atoms with E-state index in [1.807, 2.05) is 19.1 Å². The van der Waals surface area contributed by atoms with Crippen molar-refractivity contribution in [2.24, 2.45) is 5.10 Å². The van der Waals surface area contributed by atoms with Gasteiger partial charge in [0, 0.05) is 26.2 Å². The molecule has 5 rings (SSSR count). The van der Waals surface area contributed by atoms with E-state index in [1.165, 1.54) is 7.11 Å². The summed E-state index contributed by atoms with van der Waals surface area (Å²) in [6.45, 7) is 7.22. The molecule has 3 aromatic rings. The second-order valence-corrected chi connectivity index (χ2v) is 9.97. The molecule has 0 atom stereocenters. The van der Waals surface area contributed by atoms with Gasteiger partial charge in [-0.3, -0.25) is 0 Å². The van der Waals surface area contributed by atoms with Crippen LogP contribution in [0.5, 0.6) is 11.5 Å². The molecule has 2 aromatic carbocycles. The Morgan fingerprint density at radius 2 is 1.57 bits per heavy atom. The molecule has 0 bridgehead atoms. The Labute approximate surface area is 240 Å². The molecule has 40 heavy (non-hydrogen) atoms. The lowest BCUT2D eigenvalue weighted by Gasteiger charge is -2.30. The van der Waals surface area contributed by atoms with Gasteiger partial charge in [-0.05, 0) is 52.7 Å². The van der Waals surface area contributed by atoms with Crippen LogP contribution in [0.15, 0.2) is 46.0 Å². The third kappa shape index (κ3) is 6.84. The van der Waals surface area contributed by atoms with Crippen molar-refractivity contribution < 1.29 is 23.7 Å². The lowest BCUT2D eigenvalue weighted by Crippen LogP contribution is -2.40. The summed E-state index contributed by atoms with van der Waals surface area (Å²) in [7, 11) is 1.51. The molecular formula is C27H30BrN7O5. The fourth-order valence-electron chi connectivity index (χ4n) is 4.13. The fourth-order valence-corrected chi connectivity index (χ4v) is 4.67. The predicted molar refractivity (Wildman–Crippen MR) is 154 cm³/mol. The molecule has 2 aliphatic heterocycles. The second kappa shape index (κ2) is 13.0. The number of esters is 1. The maximum absolute atomic E-state index is 12.7. The molecule has 3 heterocycles. The minimum atomic E-state index is -0.482. The van der Waals surface area contributed by atoms with Crippen molar-refractivity contribution in [1.82, 2.24) is 15.0 Å². The summed E-state index contributed by atoms with van der Waals surface area (Å²) in [5.41, 5.74) is 5.13. The smallest absolute Gasteiger partial charge is 0.343 e. The summed E-state index contributed by atoms with van der Waals surface area (Å²) >= 11 is 3.49. The van der Waals surface area contributed by atoms with Gasteiger partial charge in [-0.25, -0.2) is 10.2 Å². The quantitative estimate of drug-likeness (QED) is 0.175. The van der Waals surface area contributed by atoms with E-state index in [-0.39, 0.29) is 5.75 Å². The van der Waals surface area contributed by atoms with Crippen LogP contribution >= 0.6 is 15.9 Å². The highest BCUT2D eigenvalue weighted by Gasteiger charge is 2.21. The Bertz CT molecular complexity index is 1320. The number of hydrazone groups is 1. The molecule has 1 N–H and O–H groups in total. The zero-order chi connectivity index (χ0) is 27.9. The highest BCUT2D eigenvalue weighted by molar-refractivity contribution is 9.10. The summed E-state index contributed by atoms with van der Waals surface area (Å²) < 4.78 is 22.6. The number of ether oxygens (including phenoxy) is 4. The minimum absolute atomic E-state index is 0.279. The van der Waals surface area contributed by atoms with Crippen LogP contribution in [0.2, 0.25) is 0 Å². The molecule has 1 aromatic heterocycles. The highest BCUT2D eigenvalue weighted by atomic mass is 79.9. The molecule has 0 aliphatic carbocycles. The average molecular weight is 612 g/mol. The van der Waals surface area contributed by atoms with Gasteiger partial charge in [-0.2, -0.15) is 20.1 Å². The molecule has 2 fully saturated rings. The largest absolute Gasteiger partial charge is 0.493 e. The zero-order valence-electron chi connectivity index (χ0n) is 22.3.